The number of ether oxygens (including phenoxy) is 6. The Balaban J connectivity index is 1.56. The quantitative estimate of drug-likeness (QED) is 0.0870. The number of Topliss-reactive ketones (excluding diaryl/α,β-unsaturated/α-hetero) is 2. The number of nitrogens with zero attached hydrogens (tertiary/aromatic N) is 1. The van der Waals surface area contributed by atoms with Gasteiger partial charge in [-0.25, -0.2) is 9.59 Å². The minimum absolute atomic E-state index is 0.0000893. The summed E-state index contributed by atoms with van der Waals surface area (Å²) < 4.78 is 44.6. The number of carboxylic acid groups (broad SMARTS) is 1. The highest BCUT2D eigenvalue weighted by Gasteiger charge is 2.57. The molecule has 15 nitrogen and oxygen atoms in total. The van der Waals surface area contributed by atoms with Gasteiger partial charge < -0.3 is 48.0 Å². The predicted molar refractivity (Wildman–Crippen MR) is 280 cm³/mol. The van der Waals surface area contributed by atoms with Crippen molar-refractivity contribution in [2.45, 2.75) is 212 Å². The average molecular weight is 1040 g/mol. The molecule has 1 aliphatic carbocycles. The number of aromatic carboxylic acids is 1. The van der Waals surface area contributed by atoms with Crippen molar-refractivity contribution in [1.29, 1.82) is 0 Å². The van der Waals surface area contributed by atoms with E-state index >= 15 is 0 Å². The number of hydrogen-bond acceptors (Lipinski definition) is 13. The summed E-state index contributed by atoms with van der Waals surface area (Å²) in [4.78, 5) is 71.6. The molecule has 5 rings (SSSR count). The Hall–Kier alpha value is -3.61. The largest absolute Gasteiger partial charge is 0.478 e. The Bertz CT molecular complexity index is 2120. The van der Waals surface area contributed by atoms with E-state index in [1.54, 1.807) is 52.5 Å². The van der Waals surface area contributed by atoms with E-state index in [0.717, 1.165) is 23.1 Å². The van der Waals surface area contributed by atoms with Gasteiger partial charge in [0, 0.05) is 52.0 Å². The number of benzene rings is 1. The van der Waals surface area contributed by atoms with Gasteiger partial charge in [-0.15, -0.1) is 0 Å². The van der Waals surface area contributed by atoms with Gasteiger partial charge in [-0.3, -0.25) is 14.4 Å². The highest BCUT2D eigenvalue weighted by Crippen LogP contribution is 2.42. The van der Waals surface area contributed by atoms with Crippen molar-refractivity contribution in [2.24, 2.45) is 29.6 Å². The highest BCUT2D eigenvalue weighted by molar-refractivity contribution is 6.74. The molecule has 2 saturated heterocycles. The van der Waals surface area contributed by atoms with Gasteiger partial charge in [0.25, 0.3) is 11.7 Å². The van der Waals surface area contributed by atoms with E-state index in [-0.39, 0.29) is 66.2 Å². The standard InChI is InChI=1S/C57H89NO14Si/c1-15-41-27-34(2)26-35(3)28-48(67-11)51-49(68-12)30-37(5)57(65,71-51)52(60)53(61)58-25-17-16-18-43(58)55(64)70-50(38(6)46(32-44(41)59)72-73(13,14)56(7,8)9)36(4)29-40-21-24-45(47(31-40)66-10)69-33-39-19-22-42(23-20-39)54(62)63/h19-20,22-23,27,29,35,37-38,40-41,43,45-51,65H,15-18,21,24-26,28,30-33H2,1-14H3,(H,62,63)/b34-27+,36-29?. The fourth-order valence-corrected chi connectivity index (χ4v) is 12.6. The number of aliphatic hydroxyl groups is 1. The Morgan fingerprint density at radius 2 is 1.52 bits per heavy atom. The Kier molecular flexibility index (Phi) is 21.4. The van der Waals surface area contributed by atoms with Crippen molar-refractivity contribution < 1.29 is 67.0 Å². The number of rotatable bonds is 12. The Labute approximate surface area is 436 Å². The summed E-state index contributed by atoms with van der Waals surface area (Å²) in [7, 11) is 2.19. The van der Waals surface area contributed by atoms with Crippen LogP contribution in [-0.4, -0.2) is 135 Å². The van der Waals surface area contributed by atoms with Gasteiger partial charge in [0.1, 0.15) is 24.0 Å². The lowest BCUT2D eigenvalue weighted by atomic mass is 9.81. The van der Waals surface area contributed by atoms with Crippen molar-refractivity contribution in [1.82, 2.24) is 4.90 Å². The van der Waals surface area contributed by atoms with Crippen molar-refractivity contribution in [3.63, 3.8) is 0 Å². The SMILES string of the molecule is CCC1/C=C(\C)CC(C)CC(OC)C2OC(O)(C(=O)C(=O)N3CCCCC3C(=O)OC(C(C)=CC3CCC(OCc4ccc(C(=O)O)cc4)C(OC)C3)C(C)C(O[Si](C)(C)C(C)(C)C)CC1=O)C(C)CC2OC. The molecule has 0 aromatic heterocycles. The monoisotopic (exact) mass is 1040 g/mol. The lowest BCUT2D eigenvalue weighted by Gasteiger charge is -2.47. The van der Waals surface area contributed by atoms with E-state index in [4.69, 9.17) is 32.8 Å². The zero-order chi connectivity index (χ0) is 54.2. The maximum absolute atomic E-state index is 15.0. The zero-order valence-corrected chi connectivity index (χ0v) is 47.4. The first-order chi connectivity index (χ1) is 34.3. The van der Waals surface area contributed by atoms with Crippen LogP contribution in [0.3, 0.4) is 0 Å². The van der Waals surface area contributed by atoms with Crippen LogP contribution in [0, 0.1) is 29.6 Å². The van der Waals surface area contributed by atoms with E-state index < -0.39 is 92.0 Å². The summed E-state index contributed by atoms with van der Waals surface area (Å²) in [5.41, 5.74) is 2.86. The van der Waals surface area contributed by atoms with Crippen LogP contribution in [-0.2, 0) is 58.6 Å². The third-order valence-electron chi connectivity index (χ3n) is 16.8. The van der Waals surface area contributed by atoms with Crippen molar-refractivity contribution in [3.8, 4) is 0 Å². The van der Waals surface area contributed by atoms with Gasteiger partial charge in [-0.05, 0) is 131 Å². The van der Waals surface area contributed by atoms with Crippen LogP contribution in [0.1, 0.15) is 149 Å². The van der Waals surface area contributed by atoms with E-state index in [2.05, 4.69) is 52.9 Å². The first-order valence-corrected chi connectivity index (χ1v) is 29.7. The topological polar surface area (TPSA) is 194 Å². The number of carbonyl (C=O) groups excluding carboxylic acids is 4. The van der Waals surface area contributed by atoms with E-state index in [1.165, 1.54) is 4.90 Å². The van der Waals surface area contributed by atoms with Crippen LogP contribution < -0.4 is 0 Å². The smallest absolute Gasteiger partial charge is 0.335 e. The fourth-order valence-electron chi connectivity index (χ4n) is 11.2. The molecular weight excluding hydrogens is 951 g/mol. The number of cyclic esters (lactones) is 1. The molecule has 1 aromatic carbocycles. The molecule has 4 aliphatic rings. The molecular formula is C57H89NO14Si. The van der Waals surface area contributed by atoms with Gasteiger partial charge >= 0.3 is 11.9 Å². The van der Waals surface area contributed by atoms with Crippen molar-refractivity contribution in [3.05, 3.63) is 58.7 Å². The molecule has 2 bridgehead atoms. The summed E-state index contributed by atoms with van der Waals surface area (Å²) in [5, 5.41) is 21.4. The van der Waals surface area contributed by atoms with Gasteiger partial charge in [0.05, 0.1) is 42.7 Å². The van der Waals surface area contributed by atoms with Gasteiger partial charge in [-0.2, -0.15) is 0 Å². The first-order valence-electron chi connectivity index (χ1n) is 26.8. The summed E-state index contributed by atoms with van der Waals surface area (Å²) in [6, 6.07) is 5.49. The highest BCUT2D eigenvalue weighted by atomic mass is 28.4. The molecule has 14 unspecified atom stereocenters. The molecule has 73 heavy (non-hydrogen) atoms. The lowest BCUT2D eigenvalue weighted by Crippen LogP contribution is -2.64. The molecule has 0 spiro atoms. The second-order valence-electron chi connectivity index (χ2n) is 23.3. The number of esters is 1. The number of hydrogen-bond donors (Lipinski definition) is 2. The molecule has 1 saturated carbocycles. The second-order valence-corrected chi connectivity index (χ2v) is 28.0. The van der Waals surface area contributed by atoms with Crippen molar-refractivity contribution in [2.75, 3.05) is 27.9 Å². The number of carboxylic acids is 1. The molecule has 1 amide bonds. The molecule has 3 fully saturated rings. The minimum Gasteiger partial charge on any atom is -0.478 e. The van der Waals surface area contributed by atoms with Gasteiger partial charge in [0.15, 0.2) is 8.32 Å². The number of methoxy groups -OCH3 is 3. The van der Waals surface area contributed by atoms with E-state index in [1.807, 2.05) is 27.7 Å². The number of carbonyl (C=O) groups is 5. The molecule has 0 radical (unpaired) electrons. The predicted octanol–water partition coefficient (Wildman–Crippen LogP) is 9.43. The molecule has 3 aliphatic heterocycles. The van der Waals surface area contributed by atoms with Crippen LogP contribution in [0.15, 0.2) is 47.6 Å². The fraction of sp³-hybridized carbons (Fsp3) is 0.737. The van der Waals surface area contributed by atoms with Crippen molar-refractivity contribution >= 4 is 37.7 Å². The molecule has 410 valence electrons. The van der Waals surface area contributed by atoms with Crippen LogP contribution >= 0.6 is 0 Å². The van der Waals surface area contributed by atoms with Gasteiger partial charge in [-0.1, -0.05) is 78.3 Å². The molecule has 2 N–H and O–H groups in total. The zero-order valence-electron chi connectivity index (χ0n) is 46.4. The summed E-state index contributed by atoms with van der Waals surface area (Å²) in [6.45, 7) is 22.9. The van der Waals surface area contributed by atoms with E-state index in [0.29, 0.717) is 51.6 Å². The number of allylic oxidation sites excluding steroid dienone is 3. The number of piperidine rings is 1. The van der Waals surface area contributed by atoms with Crippen LogP contribution in [0.25, 0.3) is 0 Å². The van der Waals surface area contributed by atoms with Gasteiger partial charge in [0.2, 0.25) is 5.79 Å². The Morgan fingerprint density at radius 1 is 0.877 bits per heavy atom. The van der Waals surface area contributed by atoms with E-state index in [9.17, 15) is 34.2 Å². The maximum Gasteiger partial charge on any atom is 0.335 e. The van der Waals surface area contributed by atoms with Crippen LogP contribution in [0.2, 0.25) is 18.1 Å². The Morgan fingerprint density at radius 3 is 2.12 bits per heavy atom. The molecule has 16 heteroatoms. The third-order valence-corrected chi connectivity index (χ3v) is 21.3. The normalized spacial score (nSPS) is 35.1. The number of fused-ring (bicyclic) bond motifs is 3. The van der Waals surface area contributed by atoms with Crippen LogP contribution in [0.5, 0.6) is 0 Å². The lowest BCUT2D eigenvalue weighted by molar-refractivity contribution is -0.302. The molecule has 1 aromatic rings. The average Bonchev–Trinajstić information content (AvgIpc) is 3.35. The number of ketones is 2. The molecule has 14 atom stereocenters. The second kappa shape index (κ2) is 26.0. The number of amides is 1. The van der Waals surface area contributed by atoms with Crippen LogP contribution in [0.4, 0.5) is 0 Å². The minimum atomic E-state index is -2.57. The summed E-state index contributed by atoms with van der Waals surface area (Å²) in [6.07, 6.45) is 5.52. The summed E-state index contributed by atoms with van der Waals surface area (Å²) in [5.74, 6) is -8.07. The first kappa shape index (κ1) is 60.3. The maximum atomic E-state index is 15.0. The summed E-state index contributed by atoms with van der Waals surface area (Å²) >= 11 is 0. The third kappa shape index (κ3) is 14.9. The molecule has 3 heterocycles.